The summed E-state index contributed by atoms with van der Waals surface area (Å²) in [6.45, 7) is 0. The van der Waals surface area contributed by atoms with Crippen LogP contribution in [0.1, 0.15) is 0 Å². The molecular formula is C46H31N3OSSi. The third kappa shape index (κ3) is 4.83. The van der Waals surface area contributed by atoms with Crippen LogP contribution in [0, 0.1) is 0 Å². The lowest BCUT2D eigenvalue weighted by Crippen LogP contribution is -2.76. The molecule has 6 aromatic carbocycles. The molecule has 4 heterocycles. The van der Waals surface area contributed by atoms with Gasteiger partial charge in [-0.25, -0.2) is 4.98 Å². The van der Waals surface area contributed by atoms with Gasteiger partial charge in [-0.15, -0.1) is 0 Å². The van der Waals surface area contributed by atoms with E-state index in [1.807, 2.05) is 60.4 Å². The fraction of sp³-hybridized carbons (Fsp3) is 0. The number of fused-ring (bicyclic) bond motifs is 6. The first-order valence-corrected chi connectivity index (χ1v) is 20.2. The Morgan fingerprint density at radius 2 is 1.25 bits per heavy atom. The van der Waals surface area contributed by atoms with E-state index in [1.54, 1.807) is 0 Å². The van der Waals surface area contributed by atoms with Crippen LogP contribution >= 0.6 is 11.8 Å². The van der Waals surface area contributed by atoms with Gasteiger partial charge in [0.2, 0.25) is 0 Å². The highest BCUT2D eigenvalue weighted by atomic mass is 32.2. The van der Waals surface area contributed by atoms with E-state index < -0.39 is 8.07 Å². The monoisotopic (exact) mass is 701 g/mol. The van der Waals surface area contributed by atoms with Crippen molar-refractivity contribution in [3.05, 3.63) is 188 Å². The normalized spacial score (nSPS) is 13.1. The Hall–Kier alpha value is -6.21. The summed E-state index contributed by atoms with van der Waals surface area (Å²) in [7, 11) is -2.75. The zero-order valence-corrected chi connectivity index (χ0v) is 29.9. The minimum absolute atomic E-state index is 0.752. The summed E-state index contributed by atoms with van der Waals surface area (Å²) in [4.78, 5) is 12.5. The van der Waals surface area contributed by atoms with Crippen LogP contribution in [0.5, 0.6) is 11.5 Å². The molecule has 1 aliphatic rings. The second-order valence-electron chi connectivity index (χ2n) is 13.0. The van der Waals surface area contributed by atoms with Crippen molar-refractivity contribution >= 4 is 62.5 Å². The second-order valence-corrected chi connectivity index (χ2v) is 17.8. The summed E-state index contributed by atoms with van der Waals surface area (Å²) >= 11 is 1.88. The van der Waals surface area contributed by atoms with E-state index in [1.165, 1.54) is 41.3 Å². The zero-order chi connectivity index (χ0) is 34.5. The number of benzene rings is 6. The van der Waals surface area contributed by atoms with Gasteiger partial charge in [-0.2, -0.15) is 0 Å². The molecule has 0 radical (unpaired) electrons. The van der Waals surface area contributed by atoms with Gasteiger partial charge in [-0.05, 0) is 69.3 Å². The van der Waals surface area contributed by atoms with Gasteiger partial charge in [-0.3, -0.25) is 9.55 Å². The molecule has 0 unspecified atom stereocenters. The van der Waals surface area contributed by atoms with Crippen LogP contribution in [0.15, 0.2) is 198 Å². The molecule has 0 spiro atoms. The molecule has 9 aromatic rings. The average Bonchev–Trinajstić information content (AvgIpc) is 3.56. The van der Waals surface area contributed by atoms with Gasteiger partial charge in [0.25, 0.3) is 0 Å². The molecule has 0 fully saturated rings. The third-order valence-corrected chi connectivity index (χ3v) is 16.5. The minimum atomic E-state index is -2.75. The number of hydrogen-bond donors (Lipinski definition) is 0. The predicted octanol–water partition coefficient (Wildman–Crippen LogP) is 8.88. The van der Waals surface area contributed by atoms with Crippen molar-refractivity contribution in [2.45, 2.75) is 9.79 Å². The van der Waals surface area contributed by atoms with Crippen LogP contribution in [0.25, 0.3) is 38.9 Å². The van der Waals surface area contributed by atoms with Crippen LogP contribution < -0.4 is 25.5 Å². The summed E-state index contributed by atoms with van der Waals surface area (Å²) in [5.41, 5.74) is 4.96. The summed E-state index contributed by atoms with van der Waals surface area (Å²) in [5.74, 6) is 1.51. The number of para-hydroxylation sites is 1. The van der Waals surface area contributed by atoms with Gasteiger partial charge in [-0.1, -0.05) is 133 Å². The molecular weight excluding hydrogens is 671 g/mol. The van der Waals surface area contributed by atoms with Crippen molar-refractivity contribution < 1.29 is 4.74 Å². The van der Waals surface area contributed by atoms with Crippen molar-refractivity contribution in [3.8, 4) is 28.4 Å². The molecule has 0 bridgehead atoms. The molecule has 3 aromatic heterocycles. The fourth-order valence-corrected chi connectivity index (χ4v) is 14.9. The molecule has 0 atom stereocenters. The van der Waals surface area contributed by atoms with E-state index in [4.69, 9.17) is 9.72 Å². The molecule has 0 amide bonds. The molecule has 0 saturated heterocycles. The Kier molecular flexibility index (Phi) is 7.37. The summed E-state index contributed by atoms with van der Waals surface area (Å²) in [6, 6.07) is 62.3. The number of rotatable bonds is 6. The molecule has 52 heavy (non-hydrogen) atoms. The van der Waals surface area contributed by atoms with Crippen LogP contribution in [0.4, 0.5) is 0 Å². The van der Waals surface area contributed by atoms with E-state index in [0.29, 0.717) is 0 Å². The van der Waals surface area contributed by atoms with Crippen molar-refractivity contribution in [3.63, 3.8) is 0 Å². The maximum absolute atomic E-state index is 6.50. The van der Waals surface area contributed by atoms with Crippen molar-refractivity contribution in [1.29, 1.82) is 0 Å². The highest BCUT2D eigenvalue weighted by Crippen LogP contribution is 2.42. The Balaban J connectivity index is 1.18. The Labute approximate surface area is 307 Å². The van der Waals surface area contributed by atoms with E-state index >= 15 is 0 Å². The molecule has 0 aliphatic carbocycles. The molecule has 6 heteroatoms. The molecule has 246 valence electrons. The molecule has 4 nitrogen and oxygen atoms in total. The lowest BCUT2D eigenvalue weighted by atomic mass is 10.1. The Morgan fingerprint density at radius 1 is 0.558 bits per heavy atom. The minimum Gasteiger partial charge on any atom is -0.457 e. The third-order valence-electron chi connectivity index (χ3n) is 10.1. The SMILES string of the molecule is c1ccc([Si]2(c3ccccc3)c3ccccc3Sc3c2cnc2c3c3ccccc3n2-c2cccc(Oc3cccc(-c4ccccn4)c3)c2)cc1. The van der Waals surface area contributed by atoms with Crippen LogP contribution in [0.2, 0.25) is 0 Å². The van der Waals surface area contributed by atoms with Gasteiger partial charge < -0.3 is 4.74 Å². The van der Waals surface area contributed by atoms with Crippen LogP contribution in [-0.2, 0) is 0 Å². The average molecular weight is 702 g/mol. The smallest absolute Gasteiger partial charge is 0.183 e. The molecule has 10 rings (SSSR count). The summed E-state index contributed by atoms with van der Waals surface area (Å²) < 4.78 is 8.79. The summed E-state index contributed by atoms with van der Waals surface area (Å²) in [5, 5.41) is 7.83. The quantitative estimate of drug-likeness (QED) is 0.163. The van der Waals surface area contributed by atoms with E-state index in [-0.39, 0.29) is 0 Å². The maximum atomic E-state index is 6.50. The molecule has 0 N–H and O–H groups in total. The first-order chi connectivity index (χ1) is 25.8. The molecule has 1 aliphatic heterocycles. The number of ether oxygens (including phenoxy) is 1. The maximum Gasteiger partial charge on any atom is 0.183 e. The molecule has 0 saturated carbocycles. The predicted molar refractivity (Wildman–Crippen MR) is 216 cm³/mol. The lowest BCUT2D eigenvalue weighted by molar-refractivity contribution is 0.482. The van der Waals surface area contributed by atoms with Gasteiger partial charge in [0, 0.05) is 44.6 Å². The number of aromatic nitrogens is 3. The largest absolute Gasteiger partial charge is 0.457 e. The van der Waals surface area contributed by atoms with Gasteiger partial charge in [0.15, 0.2) is 8.07 Å². The van der Waals surface area contributed by atoms with Crippen molar-refractivity contribution in [2.24, 2.45) is 0 Å². The highest BCUT2D eigenvalue weighted by molar-refractivity contribution is 8.00. The first-order valence-electron chi connectivity index (χ1n) is 17.4. The second kappa shape index (κ2) is 12.5. The van der Waals surface area contributed by atoms with Gasteiger partial charge >= 0.3 is 0 Å². The van der Waals surface area contributed by atoms with Crippen LogP contribution in [-0.4, -0.2) is 22.6 Å². The number of pyridine rings is 2. The van der Waals surface area contributed by atoms with E-state index in [2.05, 4.69) is 149 Å². The van der Waals surface area contributed by atoms with Gasteiger partial charge in [0.05, 0.1) is 16.9 Å². The highest BCUT2D eigenvalue weighted by Gasteiger charge is 2.48. The zero-order valence-electron chi connectivity index (χ0n) is 28.1. The fourth-order valence-electron chi connectivity index (χ4n) is 7.89. The standard InChI is InChI=1S/C46H31N3OSSi/c1-3-19-36(20-4-1)52(37-21-5-2-6-22-37)42-27-10-9-26-41(42)51-45-43(52)31-48-46-44(45)38-23-7-8-25-40(38)49(46)33-16-14-18-35(30-33)50-34-17-13-15-32(29-34)39-24-11-12-28-47-39/h1-31H. The number of nitrogens with zero attached hydrogens (tertiary/aromatic N) is 3. The first kappa shape index (κ1) is 30.6. The van der Waals surface area contributed by atoms with E-state index in [9.17, 15) is 0 Å². The van der Waals surface area contributed by atoms with Crippen LogP contribution in [0.3, 0.4) is 0 Å². The van der Waals surface area contributed by atoms with Crippen molar-refractivity contribution in [2.75, 3.05) is 0 Å². The van der Waals surface area contributed by atoms with Gasteiger partial charge in [0.1, 0.15) is 17.1 Å². The van der Waals surface area contributed by atoms with E-state index in [0.717, 1.165) is 39.6 Å². The lowest BCUT2D eigenvalue weighted by Gasteiger charge is -2.39. The topological polar surface area (TPSA) is 39.9 Å². The van der Waals surface area contributed by atoms with Crippen molar-refractivity contribution in [1.82, 2.24) is 14.5 Å². The summed E-state index contributed by atoms with van der Waals surface area (Å²) in [6.07, 6.45) is 4.00. The Morgan fingerprint density at radius 3 is 2.04 bits per heavy atom. The Bertz CT molecular complexity index is 2710. The number of hydrogen-bond acceptors (Lipinski definition) is 4.